The number of ether oxygens (including phenoxy) is 1. The highest BCUT2D eigenvalue weighted by molar-refractivity contribution is 7.92. The first-order valence-electron chi connectivity index (χ1n) is 11.9. The second kappa shape index (κ2) is 12.2. The lowest BCUT2D eigenvalue weighted by atomic mass is 10.1. The molecule has 0 unspecified atom stereocenters. The molecule has 1 aliphatic heterocycles. The number of benzene rings is 3. The van der Waals surface area contributed by atoms with Gasteiger partial charge in [0, 0.05) is 41.5 Å². The van der Waals surface area contributed by atoms with Crippen molar-refractivity contribution in [3.63, 3.8) is 0 Å². The van der Waals surface area contributed by atoms with Crippen LogP contribution >= 0.6 is 11.6 Å². The van der Waals surface area contributed by atoms with Crippen LogP contribution in [0.25, 0.3) is 0 Å². The summed E-state index contributed by atoms with van der Waals surface area (Å²) in [6.45, 7) is 3.34. The zero-order valence-electron chi connectivity index (χ0n) is 21.0. The molecule has 0 atom stereocenters. The highest BCUT2D eigenvalue weighted by atomic mass is 35.5. The predicted octanol–water partition coefficient (Wildman–Crippen LogP) is 3.74. The van der Waals surface area contributed by atoms with Crippen molar-refractivity contribution >= 4 is 50.8 Å². The Hall–Kier alpha value is -4.00. The lowest BCUT2D eigenvalue weighted by Crippen LogP contribution is -2.40. The van der Waals surface area contributed by atoms with Crippen LogP contribution < -0.4 is 14.6 Å². The lowest BCUT2D eigenvalue weighted by Gasteiger charge is -2.29. The summed E-state index contributed by atoms with van der Waals surface area (Å²) in [6.07, 6.45) is 1.30. The predicted molar refractivity (Wildman–Crippen MR) is 149 cm³/mol. The number of anilines is 2. The van der Waals surface area contributed by atoms with Gasteiger partial charge in [0.05, 0.1) is 34.9 Å². The summed E-state index contributed by atoms with van der Waals surface area (Å²) in [7, 11) is -4.13. The SMILES string of the molecule is Cc1ccc(Cl)cc1N(CC(=O)N/N=C/c1cc([N+](=O)[O-])ccc1N1CCOCC1)S(=O)(=O)c1ccccc1. The summed E-state index contributed by atoms with van der Waals surface area (Å²) in [5.41, 5.74) is 4.19. The molecule has 0 bridgehead atoms. The van der Waals surface area contributed by atoms with Gasteiger partial charge in [0.1, 0.15) is 6.54 Å². The van der Waals surface area contributed by atoms with Crippen molar-refractivity contribution in [2.75, 3.05) is 42.1 Å². The smallest absolute Gasteiger partial charge is 0.270 e. The van der Waals surface area contributed by atoms with Crippen LogP contribution in [0.2, 0.25) is 5.02 Å². The number of nitro benzene ring substituents is 1. The number of non-ortho nitro benzene ring substituents is 1. The van der Waals surface area contributed by atoms with Crippen LogP contribution in [0.4, 0.5) is 17.1 Å². The molecule has 0 saturated carbocycles. The molecule has 0 spiro atoms. The molecular formula is C26H26ClN5O6S. The monoisotopic (exact) mass is 571 g/mol. The molecule has 0 radical (unpaired) electrons. The molecule has 1 amide bonds. The Morgan fingerprint density at radius 1 is 1.15 bits per heavy atom. The van der Waals surface area contributed by atoms with Crippen LogP contribution in [0.15, 0.2) is 76.7 Å². The molecule has 1 heterocycles. The van der Waals surface area contributed by atoms with E-state index in [1.807, 2.05) is 4.90 Å². The molecule has 1 fully saturated rings. The minimum atomic E-state index is -4.13. The lowest BCUT2D eigenvalue weighted by molar-refractivity contribution is -0.384. The third-order valence-corrected chi connectivity index (χ3v) is 8.03. The molecule has 204 valence electrons. The first-order chi connectivity index (χ1) is 18.7. The van der Waals surface area contributed by atoms with Gasteiger partial charge in [-0.05, 0) is 42.8 Å². The van der Waals surface area contributed by atoms with Crippen molar-refractivity contribution in [1.82, 2.24) is 5.43 Å². The number of hydrogen-bond donors (Lipinski definition) is 1. The Balaban J connectivity index is 1.60. The molecule has 0 aromatic heterocycles. The summed E-state index contributed by atoms with van der Waals surface area (Å²) in [6, 6.07) is 16.9. The number of nitrogens with zero attached hydrogens (tertiary/aromatic N) is 4. The van der Waals surface area contributed by atoms with Gasteiger partial charge < -0.3 is 9.64 Å². The van der Waals surface area contributed by atoms with Crippen molar-refractivity contribution in [2.24, 2.45) is 5.10 Å². The third kappa shape index (κ3) is 6.72. The van der Waals surface area contributed by atoms with Crippen LogP contribution in [0, 0.1) is 17.0 Å². The van der Waals surface area contributed by atoms with Crippen LogP contribution in [0.1, 0.15) is 11.1 Å². The van der Waals surface area contributed by atoms with E-state index < -0.39 is 27.4 Å². The number of rotatable bonds is 9. The van der Waals surface area contributed by atoms with Crippen molar-refractivity contribution in [2.45, 2.75) is 11.8 Å². The first-order valence-corrected chi connectivity index (χ1v) is 13.8. The summed E-state index contributed by atoms with van der Waals surface area (Å²) in [5.74, 6) is -0.719. The van der Waals surface area contributed by atoms with E-state index in [0.29, 0.717) is 48.1 Å². The Morgan fingerprint density at radius 2 is 1.87 bits per heavy atom. The maximum Gasteiger partial charge on any atom is 0.270 e. The zero-order chi connectivity index (χ0) is 28.0. The third-order valence-electron chi connectivity index (χ3n) is 6.02. The van der Waals surface area contributed by atoms with Crippen molar-refractivity contribution < 1.29 is 22.9 Å². The summed E-state index contributed by atoms with van der Waals surface area (Å²) < 4.78 is 33.4. The van der Waals surface area contributed by atoms with E-state index in [4.69, 9.17) is 16.3 Å². The fourth-order valence-corrected chi connectivity index (χ4v) is 5.73. The number of carbonyl (C=O) groups is 1. The second-order valence-corrected chi connectivity index (χ2v) is 10.9. The number of hydrazone groups is 1. The van der Waals surface area contributed by atoms with Gasteiger partial charge in [-0.2, -0.15) is 5.10 Å². The molecule has 4 rings (SSSR count). The zero-order valence-corrected chi connectivity index (χ0v) is 22.6. The average Bonchev–Trinajstić information content (AvgIpc) is 2.94. The number of amides is 1. The van der Waals surface area contributed by atoms with E-state index in [-0.39, 0.29) is 16.3 Å². The Bertz CT molecular complexity index is 1490. The van der Waals surface area contributed by atoms with Crippen LogP contribution in [0.5, 0.6) is 0 Å². The summed E-state index contributed by atoms with van der Waals surface area (Å²) in [5, 5.41) is 15.6. The molecule has 1 N–H and O–H groups in total. The van der Waals surface area contributed by atoms with Crippen molar-refractivity contribution in [1.29, 1.82) is 0 Å². The highest BCUT2D eigenvalue weighted by Gasteiger charge is 2.28. The van der Waals surface area contributed by atoms with Gasteiger partial charge >= 0.3 is 0 Å². The number of carbonyl (C=O) groups excluding carboxylic acids is 1. The van der Waals surface area contributed by atoms with E-state index in [1.54, 1.807) is 43.3 Å². The maximum atomic E-state index is 13.5. The Morgan fingerprint density at radius 3 is 2.56 bits per heavy atom. The van der Waals surface area contributed by atoms with Crippen LogP contribution in [0.3, 0.4) is 0 Å². The average molecular weight is 572 g/mol. The first kappa shape index (κ1) is 28.0. The number of halogens is 1. The topological polar surface area (TPSA) is 134 Å². The van der Waals surface area contributed by atoms with Gasteiger partial charge in [-0.1, -0.05) is 35.9 Å². The van der Waals surface area contributed by atoms with E-state index in [9.17, 15) is 23.3 Å². The molecule has 1 saturated heterocycles. The number of sulfonamides is 1. The Kier molecular flexibility index (Phi) is 8.79. The number of aryl methyl sites for hydroxylation is 1. The minimum Gasteiger partial charge on any atom is -0.378 e. The minimum absolute atomic E-state index is 0.00687. The summed E-state index contributed by atoms with van der Waals surface area (Å²) >= 11 is 6.15. The highest BCUT2D eigenvalue weighted by Crippen LogP contribution is 2.29. The number of morpholine rings is 1. The molecule has 39 heavy (non-hydrogen) atoms. The number of hydrogen-bond acceptors (Lipinski definition) is 8. The molecule has 3 aromatic rings. The standard InChI is InChI=1S/C26H26ClN5O6S/c1-19-7-8-21(27)16-25(19)31(39(36,37)23-5-3-2-4-6-23)18-26(33)29-28-17-20-15-22(32(34)35)9-10-24(20)30-11-13-38-14-12-30/h2-10,15-17H,11-14,18H2,1H3,(H,29,33)/b28-17+. The van der Waals surface area contributed by atoms with Gasteiger partial charge in [0.25, 0.3) is 21.6 Å². The van der Waals surface area contributed by atoms with Gasteiger partial charge in [-0.25, -0.2) is 13.8 Å². The van der Waals surface area contributed by atoms with Crippen LogP contribution in [-0.4, -0.2) is 58.3 Å². The molecular weight excluding hydrogens is 546 g/mol. The van der Waals surface area contributed by atoms with Gasteiger partial charge in [-0.3, -0.25) is 19.2 Å². The van der Waals surface area contributed by atoms with Crippen molar-refractivity contribution in [3.8, 4) is 0 Å². The van der Waals surface area contributed by atoms with Gasteiger partial charge in [0.2, 0.25) is 0 Å². The second-order valence-electron chi connectivity index (χ2n) is 8.65. The molecule has 11 nitrogen and oxygen atoms in total. The maximum absolute atomic E-state index is 13.5. The quantitative estimate of drug-likeness (QED) is 0.235. The van der Waals surface area contributed by atoms with Gasteiger partial charge in [-0.15, -0.1) is 0 Å². The van der Waals surface area contributed by atoms with Crippen molar-refractivity contribution in [3.05, 3.63) is 93.0 Å². The van der Waals surface area contributed by atoms with E-state index in [2.05, 4.69) is 10.5 Å². The normalized spacial score (nSPS) is 13.8. The fraction of sp³-hybridized carbons (Fsp3) is 0.231. The van der Waals surface area contributed by atoms with E-state index in [0.717, 1.165) is 4.31 Å². The molecule has 1 aliphatic rings. The molecule has 0 aliphatic carbocycles. The largest absolute Gasteiger partial charge is 0.378 e. The molecule has 3 aromatic carbocycles. The van der Waals surface area contributed by atoms with Gasteiger partial charge in [0.15, 0.2) is 0 Å². The van der Waals surface area contributed by atoms with E-state index in [1.165, 1.54) is 36.5 Å². The van der Waals surface area contributed by atoms with Crippen LogP contribution in [-0.2, 0) is 19.6 Å². The number of nitrogens with one attached hydrogen (secondary N) is 1. The molecule has 13 heteroatoms. The fourth-order valence-electron chi connectivity index (χ4n) is 4.06. The summed E-state index contributed by atoms with van der Waals surface area (Å²) in [4.78, 5) is 25.8. The van der Waals surface area contributed by atoms with E-state index >= 15 is 0 Å². The Labute approximate surface area is 230 Å². The number of nitro groups is 1.